The van der Waals surface area contributed by atoms with Crippen molar-refractivity contribution in [3.8, 4) is 0 Å². The van der Waals surface area contributed by atoms with Gasteiger partial charge in [-0.1, -0.05) is 6.92 Å². The van der Waals surface area contributed by atoms with Crippen molar-refractivity contribution < 1.29 is 13.2 Å². The van der Waals surface area contributed by atoms with Crippen molar-refractivity contribution in [1.29, 1.82) is 0 Å². The Morgan fingerprint density at radius 1 is 1.43 bits per heavy atom. The average Bonchev–Trinajstić information content (AvgIpc) is 2.93. The Balaban J connectivity index is 1.98. The largest absolute Gasteiger partial charge is 0.376 e. The second-order valence-corrected chi connectivity index (χ2v) is 8.60. The number of nitrogens with zero attached hydrogens (tertiary/aromatic N) is 1. The Bertz CT molecular complexity index is 542. The summed E-state index contributed by atoms with van der Waals surface area (Å²) in [5.41, 5.74) is 0. The van der Waals surface area contributed by atoms with E-state index < -0.39 is 10.0 Å². The zero-order valence-electron chi connectivity index (χ0n) is 12.7. The summed E-state index contributed by atoms with van der Waals surface area (Å²) in [5.74, 6) is 0. The fourth-order valence-electron chi connectivity index (χ4n) is 2.28. The zero-order valence-corrected chi connectivity index (χ0v) is 14.3. The minimum atomic E-state index is -3.36. The lowest BCUT2D eigenvalue weighted by Crippen LogP contribution is -2.44. The molecule has 0 amide bonds. The van der Waals surface area contributed by atoms with Gasteiger partial charge in [-0.25, -0.2) is 8.42 Å². The van der Waals surface area contributed by atoms with Crippen LogP contribution in [-0.2, 0) is 21.2 Å². The number of ether oxygens (including phenoxy) is 1. The van der Waals surface area contributed by atoms with Gasteiger partial charge in [-0.3, -0.25) is 0 Å². The van der Waals surface area contributed by atoms with E-state index >= 15 is 0 Å². The summed E-state index contributed by atoms with van der Waals surface area (Å²) in [6.45, 7) is 7.28. The monoisotopic (exact) mass is 332 g/mol. The minimum absolute atomic E-state index is 0.0359. The molecule has 1 saturated heterocycles. The van der Waals surface area contributed by atoms with Crippen LogP contribution < -0.4 is 5.32 Å². The molecular weight excluding hydrogens is 308 g/mol. The van der Waals surface area contributed by atoms with E-state index in [9.17, 15) is 8.42 Å². The van der Waals surface area contributed by atoms with E-state index in [1.165, 1.54) is 15.6 Å². The van der Waals surface area contributed by atoms with Crippen molar-refractivity contribution >= 4 is 21.4 Å². The van der Waals surface area contributed by atoms with Crippen LogP contribution in [0.5, 0.6) is 0 Å². The SMILES string of the molecule is CCCNCCc1ccc(S(=O)(=O)N2CCOC(C)C2)s1. The Morgan fingerprint density at radius 3 is 2.95 bits per heavy atom. The minimum Gasteiger partial charge on any atom is -0.376 e. The van der Waals surface area contributed by atoms with Gasteiger partial charge in [0.1, 0.15) is 4.21 Å². The van der Waals surface area contributed by atoms with Gasteiger partial charge in [0, 0.05) is 18.0 Å². The van der Waals surface area contributed by atoms with E-state index in [0.29, 0.717) is 23.9 Å². The molecule has 1 aromatic heterocycles. The maximum absolute atomic E-state index is 12.6. The van der Waals surface area contributed by atoms with E-state index in [4.69, 9.17) is 4.74 Å². The van der Waals surface area contributed by atoms with Crippen molar-refractivity contribution in [3.63, 3.8) is 0 Å². The highest BCUT2D eigenvalue weighted by atomic mass is 32.2. The summed E-state index contributed by atoms with van der Waals surface area (Å²) in [6.07, 6.45) is 1.95. The number of hydrogen-bond donors (Lipinski definition) is 1. The fraction of sp³-hybridized carbons (Fsp3) is 0.714. The van der Waals surface area contributed by atoms with Crippen LogP contribution in [0.3, 0.4) is 0 Å². The van der Waals surface area contributed by atoms with Gasteiger partial charge in [0.15, 0.2) is 0 Å². The first kappa shape index (κ1) is 16.9. The van der Waals surface area contributed by atoms with Crippen LogP contribution in [0.25, 0.3) is 0 Å². The lowest BCUT2D eigenvalue weighted by atomic mass is 10.3. The molecule has 5 nitrogen and oxygen atoms in total. The molecule has 0 aliphatic carbocycles. The van der Waals surface area contributed by atoms with Crippen LogP contribution in [-0.4, -0.2) is 51.6 Å². The fourth-order valence-corrected chi connectivity index (χ4v) is 5.29. The summed E-state index contributed by atoms with van der Waals surface area (Å²) in [4.78, 5) is 1.11. The highest BCUT2D eigenvalue weighted by Crippen LogP contribution is 2.26. The molecule has 0 bridgehead atoms. The molecule has 1 N–H and O–H groups in total. The third-order valence-corrected chi connectivity index (χ3v) is 6.89. The first-order valence-corrected chi connectivity index (χ1v) is 9.71. The van der Waals surface area contributed by atoms with Gasteiger partial charge in [-0.2, -0.15) is 4.31 Å². The average molecular weight is 332 g/mol. The van der Waals surface area contributed by atoms with Crippen molar-refractivity contribution in [1.82, 2.24) is 9.62 Å². The molecule has 1 aliphatic heterocycles. The van der Waals surface area contributed by atoms with E-state index in [0.717, 1.165) is 30.8 Å². The highest BCUT2D eigenvalue weighted by Gasteiger charge is 2.30. The molecule has 1 unspecified atom stereocenters. The molecule has 1 atom stereocenters. The first-order chi connectivity index (χ1) is 10.0. The normalized spacial score (nSPS) is 20.8. The first-order valence-electron chi connectivity index (χ1n) is 7.45. The number of sulfonamides is 1. The standard InChI is InChI=1S/C14H24N2O3S2/c1-3-7-15-8-6-13-4-5-14(20-13)21(17,18)16-9-10-19-12(2)11-16/h4-5,12,15H,3,6-11H2,1-2H3. The van der Waals surface area contributed by atoms with Gasteiger partial charge in [0.25, 0.3) is 10.0 Å². The zero-order chi connectivity index (χ0) is 15.3. The predicted molar refractivity (Wildman–Crippen MR) is 85.4 cm³/mol. The van der Waals surface area contributed by atoms with E-state index in [1.54, 1.807) is 6.07 Å². The van der Waals surface area contributed by atoms with Crippen LogP contribution in [0, 0.1) is 0 Å². The quantitative estimate of drug-likeness (QED) is 0.772. The van der Waals surface area contributed by atoms with Gasteiger partial charge in [0.2, 0.25) is 0 Å². The highest BCUT2D eigenvalue weighted by molar-refractivity contribution is 7.91. The molecule has 7 heteroatoms. The van der Waals surface area contributed by atoms with E-state index in [1.807, 2.05) is 13.0 Å². The third kappa shape index (κ3) is 4.50. The third-order valence-electron chi connectivity index (χ3n) is 3.41. The van der Waals surface area contributed by atoms with Crippen LogP contribution >= 0.6 is 11.3 Å². The van der Waals surface area contributed by atoms with Crippen molar-refractivity contribution in [3.05, 3.63) is 17.0 Å². The van der Waals surface area contributed by atoms with E-state index in [-0.39, 0.29) is 6.10 Å². The van der Waals surface area contributed by atoms with Crippen molar-refractivity contribution in [2.75, 3.05) is 32.8 Å². The molecule has 0 radical (unpaired) electrons. The molecule has 0 aromatic carbocycles. The van der Waals surface area contributed by atoms with Gasteiger partial charge < -0.3 is 10.1 Å². The molecule has 2 heterocycles. The topological polar surface area (TPSA) is 58.6 Å². The molecule has 1 aliphatic rings. The number of hydrogen-bond acceptors (Lipinski definition) is 5. The summed E-state index contributed by atoms with van der Waals surface area (Å²) < 4.78 is 32.6. The van der Waals surface area contributed by atoms with Gasteiger partial charge in [-0.15, -0.1) is 11.3 Å². The van der Waals surface area contributed by atoms with Crippen LogP contribution in [0.1, 0.15) is 25.1 Å². The summed E-state index contributed by atoms with van der Waals surface area (Å²) in [6, 6.07) is 3.66. The van der Waals surface area contributed by atoms with Gasteiger partial charge >= 0.3 is 0 Å². The summed E-state index contributed by atoms with van der Waals surface area (Å²) >= 11 is 1.38. The van der Waals surface area contributed by atoms with Gasteiger partial charge in [0.05, 0.1) is 12.7 Å². The second-order valence-electron chi connectivity index (χ2n) is 5.27. The van der Waals surface area contributed by atoms with Crippen LogP contribution in [0.4, 0.5) is 0 Å². The Morgan fingerprint density at radius 2 is 2.24 bits per heavy atom. The van der Waals surface area contributed by atoms with Crippen molar-refractivity contribution in [2.45, 2.75) is 37.0 Å². The lowest BCUT2D eigenvalue weighted by molar-refractivity contribution is 0.0102. The summed E-state index contributed by atoms with van der Waals surface area (Å²) in [7, 11) is -3.36. The maximum Gasteiger partial charge on any atom is 0.252 e. The van der Waals surface area contributed by atoms with E-state index in [2.05, 4.69) is 12.2 Å². The maximum atomic E-state index is 12.6. The van der Waals surface area contributed by atoms with Crippen molar-refractivity contribution in [2.24, 2.45) is 0 Å². The Hall–Kier alpha value is -0.470. The van der Waals surface area contributed by atoms with Gasteiger partial charge in [-0.05, 0) is 45.0 Å². The molecule has 21 heavy (non-hydrogen) atoms. The number of nitrogens with one attached hydrogen (secondary N) is 1. The van der Waals surface area contributed by atoms with Crippen LogP contribution in [0.15, 0.2) is 16.3 Å². The predicted octanol–water partition coefficient (Wildman–Crippen LogP) is 1.70. The smallest absolute Gasteiger partial charge is 0.252 e. The number of rotatable bonds is 7. The molecule has 2 rings (SSSR count). The molecule has 1 aromatic rings. The lowest BCUT2D eigenvalue weighted by Gasteiger charge is -2.29. The molecular formula is C14H24N2O3S2. The molecule has 0 spiro atoms. The second kappa shape index (κ2) is 7.69. The molecule has 120 valence electrons. The Kier molecular flexibility index (Phi) is 6.19. The molecule has 1 fully saturated rings. The number of thiophene rings is 1. The summed E-state index contributed by atoms with van der Waals surface area (Å²) in [5, 5.41) is 3.33. The number of morpholine rings is 1. The Labute approximate surface area is 131 Å². The van der Waals surface area contributed by atoms with Crippen LogP contribution in [0.2, 0.25) is 0 Å². The molecule has 0 saturated carbocycles.